The molecule has 4 N–H and O–H groups in total. The SMILES string of the molecule is CCOc1ccc(C2CC(C(=O)N=Nc3c(O)[nH]c4ccc(Br)cc34)NN2)cc1. The minimum absolute atomic E-state index is 0.0210. The number of carbonyl (C=O) groups excluding carboxylic acids is 1. The van der Waals surface area contributed by atoms with Gasteiger partial charge in [-0.25, -0.2) is 10.9 Å². The summed E-state index contributed by atoms with van der Waals surface area (Å²) in [4.78, 5) is 15.3. The van der Waals surface area contributed by atoms with Crippen LogP contribution in [0.3, 0.4) is 0 Å². The van der Waals surface area contributed by atoms with Crippen molar-refractivity contribution in [1.82, 2.24) is 15.8 Å². The van der Waals surface area contributed by atoms with Crippen LogP contribution in [0.4, 0.5) is 5.69 Å². The van der Waals surface area contributed by atoms with Crippen molar-refractivity contribution in [2.75, 3.05) is 6.61 Å². The molecule has 2 heterocycles. The van der Waals surface area contributed by atoms with Crippen LogP contribution >= 0.6 is 15.9 Å². The van der Waals surface area contributed by atoms with Gasteiger partial charge in [0.1, 0.15) is 11.8 Å². The van der Waals surface area contributed by atoms with Crippen LogP contribution in [-0.2, 0) is 4.79 Å². The van der Waals surface area contributed by atoms with Gasteiger partial charge in [-0.15, -0.1) is 10.2 Å². The van der Waals surface area contributed by atoms with E-state index in [1.54, 1.807) is 0 Å². The van der Waals surface area contributed by atoms with E-state index < -0.39 is 11.9 Å². The zero-order valence-electron chi connectivity index (χ0n) is 15.6. The molecule has 150 valence electrons. The summed E-state index contributed by atoms with van der Waals surface area (Å²) in [5.74, 6) is 0.280. The number of nitrogens with one attached hydrogen (secondary N) is 3. The number of hydrogen-bond donors (Lipinski definition) is 4. The molecule has 29 heavy (non-hydrogen) atoms. The molecule has 0 bridgehead atoms. The summed E-state index contributed by atoms with van der Waals surface area (Å²) in [6.45, 7) is 2.56. The van der Waals surface area contributed by atoms with Crippen LogP contribution in [0.5, 0.6) is 11.6 Å². The molecule has 2 atom stereocenters. The Balaban J connectivity index is 1.44. The summed E-state index contributed by atoms with van der Waals surface area (Å²) in [5, 5.41) is 18.6. The molecule has 4 rings (SSSR count). The standard InChI is InChI=1S/C20H20BrN5O3/c1-2-29-13-6-3-11(4-7-13)16-10-17(24-23-16)19(27)26-25-18-14-9-12(21)5-8-15(14)22-20(18)28/h3-9,16-17,22-24,28H,2,10H2,1H3. The van der Waals surface area contributed by atoms with Gasteiger partial charge in [-0.1, -0.05) is 28.1 Å². The lowest BCUT2D eigenvalue weighted by molar-refractivity contribution is -0.120. The molecule has 1 fully saturated rings. The van der Waals surface area contributed by atoms with Crippen molar-refractivity contribution in [2.45, 2.75) is 25.4 Å². The molecule has 8 nitrogen and oxygen atoms in total. The predicted octanol–water partition coefficient (Wildman–Crippen LogP) is 4.25. The number of aromatic nitrogens is 1. The Kier molecular flexibility index (Phi) is 5.61. The van der Waals surface area contributed by atoms with Crippen molar-refractivity contribution in [1.29, 1.82) is 0 Å². The molecule has 1 saturated heterocycles. The van der Waals surface area contributed by atoms with Crippen molar-refractivity contribution >= 4 is 38.4 Å². The molecule has 0 spiro atoms. The van der Waals surface area contributed by atoms with Gasteiger partial charge in [0, 0.05) is 15.9 Å². The fraction of sp³-hybridized carbons (Fsp3) is 0.250. The third kappa shape index (κ3) is 4.16. The Morgan fingerprint density at radius 1 is 1.24 bits per heavy atom. The number of nitrogens with zero attached hydrogens (tertiary/aromatic N) is 2. The quantitative estimate of drug-likeness (QED) is 0.427. The molecule has 3 aromatic rings. The second-order valence-corrected chi connectivity index (χ2v) is 7.60. The van der Waals surface area contributed by atoms with Crippen molar-refractivity contribution in [2.24, 2.45) is 10.2 Å². The Bertz CT molecular complexity index is 1060. The molecule has 2 unspecified atom stereocenters. The molecule has 1 amide bonds. The van der Waals surface area contributed by atoms with Gasteiger partial charge in [0.25, 0.3) is 5.91 Å². The van der Waals surface area contributed by atoms with E-state index in [0.717, 1.165) is 15.8 Å². The number of fused-ring (bicyclic) bond motifs is 1. The summed E-state index contributed by atoms with van der Waals surface area (Å²) in [6, 6.07) is 12.7. The molecule has 2 aromatic carbocycles. The molecule has 0 saturated carbocycles. The van der Waals surface area contributed by atoms with Crippen LogP contribution in [0, 0.1) is 0 Å². The third-order valence-corrected chi connectivity index (χ3v) is 5.25. The zero-order chi connectivity index (χ0) is 20.4. The maximum absolute atomic E-state index is 12.5. The molecule has 1 aromatic heterocycles. The van der Waals surface area contributed by atoms with Crippen molar-refractivity contribution in [3.8, 4) is 11.6 Å². The van der Waals surface area contributed by atoms with Gasteiger partial charge in [-0.3, -0.25) is 4.79 Å². The highest BCUT2D eigenvalue weighted by atomic mass is 79.9. The van der Waals surface area contributed by atoms with E-state index in [0.29, 0.717) is 23.9 Å². The zero-order valence-corrected chi connectivity index (χ0v) is 17.2. The van der Waals surface area contributed by atoms with E-state index >= 15 is 0 Å². The third-order valence-electron chi connectivity index (χ3n) is 4.76. The van der Waals surface area contributed by atoms with Gasteiger partial charge in [-0.05, 0) is 49.2 Å². The van der Waals surface area contributed by atoms with Gasteiger partial charge in [0.2, 0.25) is 5.88 Å². The van der Waals surface area contributed by atoms with Gasteiger partial charge in [0.15, 0.2) is 5.69 Å². The summed E-state index contributed by atoms with van der Waals surface area (Å²) in [6.07, 6.45) is 0.539. The van der Waals surface area contributed by atoms with Gasteiger partial charge >= 0.3 is 0 Å². The number of carbonyl (C=O) groups is 1. The normalized spacial score (nSPS) is 19.2. The average molecular weight is 458 g/mol. The number of amides is 1. The maximum atomic E-state index is 12.5. The van der Waals surface area contributed by atoms with Crippen LogP contribution < -0.4 is 15.6 Å². The number of aromatic amines is 1. The van der Waals surface area contributed by atoms with Crippen LogP contribution in [0.15, 0.2) is 57.2 Å². The Morgan fingerprint density at radius 3 is 2.79 bits per heavy atom. The summed E-state index contributed by atoms with van der Waals surface area (Å²) in [5.41, 5.74) is 8.09. The van der Waals surface area contributed by atoms with E-state index in [1.807, 2.05) is 49.4 Å². The molecule has 9 heteroatoms. The van der Waals surface area contributed by atoms with E-state index in [1.165, 1.54) is 0 Å². The van der Waals surface area contributed by atoms with Crippen molar-refractivity contribution < 1.29 is 14.6 Å². The lowest BCUT2D eigenvalue weighted by Crippen LogP contribution is -2.35. The molecule has 0 aliphatic carbocycles. The van der Waals surface area contributed by atoms with Gasteiger partial charge in [0.05, 0.1) is 12.1 Å². The summed E-state index contributed by atoms with van der Waals surface area (Å²) in [7, 11) is 0. The first-order chi connectivity index (χ1) is 14.0. The smallest absolute Gasteiger partial charge is 0.282 e. The summed E-state index contributed by atoms with van der Waals surface area (Å²) < 4.78 is 6.29. The van der Waals surface area contributed by atoms with Crippen molar-refractivity contribution in [3.63, 3.8) is 0 Å². The second-order valence-electron chi connectivity index (χ2n) is 6.68. The molecular formula is C20H20BrN5O3. The first-order valence-electron chi connectivity index (χ1n) is 9.24. The number of aromatic hydroxyl groups is 1. The minimum Gasteiger partial charge on any atom is -0.494 e. The summed E-state index contributed by atoms with van der Waals surface area (Å²) >= 11 is 3.39. The lowest BCUT2D eigenvalue weighted by Gasteiger charge is -2.10. The number of ether oxygens (including phenoxy) is 1. The van der Waals surface area contributed by atoms with Crippen LogP contribution in [0.2, 0.25) is 0 Å². The minimum atomic E-state index is -0.505. The number of rotatable bonds is 5. The van der Waals surface area contributed by atoms with E-state index in [9.17, 15) is 9.90 Å². The number of azo groups is 1. The predicted molar refractivity (Wildman–Crippen MR) is 112 cm³/mol. The average Bonchev–Trinajstić information content (AvgIpc) is 3.32. The highest BCUT2D eigenvalue weighted by Gasteiger charge is 2.30. The number of halogens is 1. The van der Waals surface area contributed by atoms with E-state index in [4.69, 9.17) is 4.74 Å². The second kappa shape index (κ2) is 8.32. The van der Waals surface area contributed by atoms with Gasteiger partial charge in [-0.2, -0.15) is 0 Å². The topological polar surface area (TPSA) is 111 Å². The van der Waals surface area contributed by atoms with E-state index in [-0.39, 0.29) is 17.6 Å². The fourth-order valence-corrected chi connectivity index (χ4v) is 3.67. The first-order valence-corrected chi connectivity index (χ1v) is 10.0. The van der Waals surface area contributed by atoms with Crippen LogP contribution in [-0.4, -0.2) is 28.6 Å². The highest BCUT2D eigenvalue weighted by molar-refractivity contribution is 9.10. The van der Waals surface area contributed by atoms with Crippen molar-refractivity contribution in [3.05, 3.63) is 52.5 Å². The Morgan fingerprint density at radius 2 is 2.03 bits per heavy atom. The monoisotopic (exact) mass is 457 g/mol. The molecule has 0 radical (unpaired) electrons. The number of H-pyrrole nitrogens is 1. The Hall–Kier alpha value is -2.75. The lowest BCUT2D eigenvalue weighted by atomic mass is 10.0. The van der Waals surface area contributed by atoms with E-state index in [2.05, 4.69) is 42.0 Å². The van der Waals surface area contributed by atoms with Crippen LogP contribution in [0.1, 0.15) is 24.9 Å². The largest absolute Gasteiger partial charge is 0.494 e. The van der Waals surface area contributed by atoms with Crippen LogP contribution in [0.25, 0.3) is 10.9 Å². The first kappa shape index (κ1) is 19.6. The number of benzene rings is 2. The van der Waals surface area contributed by atoms with Gasteiger partial charge < -0.3 is 14.8 Å². The highest BCUT2D eigenvalue weighted by Crippen LogP contribution is 2.37. The maximum Gasteiger partial charge on any atom is 0.282 e. The number of hydrazine groups is 1. The Labute approximate surface area is 175 Å². The molecular weight excluding hydrogens is 438 g/mol. The number of hydrogen-bond acceptors (Lipinski definition) is 6. The molecule has 1 aliphatic rings. The molecule has 1 aliphatic heterocycles. The fourth-order valence-electron chi connectivity index (χ4n) is 3.31.